The molecule has 25 heavy (non-hydrogen) atoms. The van der Waals surface area contributed by atoms with Gasteiger partial charge in [-0.25, -0.2) is 9.07 Å². The number of likely N-dealkylation sites (tertiary alicyclic amines) is 1. The summed E-state index contributed by atoms with van der Waals surface area (Å²) < 4.78 is 14.8. The summed E-state index contributed by atoms with van der Waals surface area (Å²) in [4.78, 5) is 15.2. The minimum atomic E-state index is -0.504. The maximum absolute atomic E-state index is 13.2. The second kappa shape index (κ2) is 7.72. The molecule has 6 nitrogen and oxygen atoms in total. The highest BCUT2D eigenvalue weighted by Gasteiger charge is 2.31. The topological polar surface area (TPSA) is 63.9 Å². The van der Waals surface area contributed by atoms with E-state index in [1.165, 1.54) is 18.6 Å². The van der Waals surface area contributed by atoms with Crippen molar-refractivity contribution in [2.24, 2.45) is 5.92 Å². The monoisotopic (exact) mass is 345 g/mol. The van der Waals surface area contributed by atoms with Gasteiger partial charge in [0.15, 0.2) is 0 Å². The average molecular weight is 345 g/mol. The Labute approximate surface area is 147 Å². The predicted molar refractivity (Wildman–Crippen MR) is 91.3 cm³/mol. The maximum Gasteiger partial charge on any atom is 0.247 e. The number of tetrazole rings is 1. The van der Waals surface area contributed by atoms with Crippen LogP contribution in [0.3, 0.4) is 0 Å². The summed E-state index contributed by atoms with van der Waals surface area (Å²) in [5, 5.41) is 11.6. The van der Waals surface area contributed by atoms with E-state index in [0.29, 0.717) is 18.2 Å². The molecule has 1 aromatic heterocycles. The SMILES string of the molecule is CC[C@H]1CCCN(C(=O)[C@H](Cc2ccc(F)cc2)n2nnnc2C)C1. The van der Waals surface area contributed by atoms with Gasteiger partial charge in [0.05, 0.1) is 0 Å². The van der Waals surface area contributed by atoms with Crippen molar-refractivity contribution in [3.63, 3.8) is 0 Å². The van der Waals surface area contributed by atoms with E-state index in [-0.39, 0.29) is 11.7 Å². The Morgan fingerprint density at radius 2 is 2.12 bits per heavy atom. The van der Waals surface area contributed by atoms with Gasteiger partial charge in [-0.15, -0.1) is 5.10 Å². The lowest BCUT2D eigenvalue weighted by atomic mass is 9.94. The van der Waals surface area contributed by atoms with Crippen molar-refractivity contribution >= 4 is 5.91 Å². The summed E-state index contributed by atoms with van der Waals surface area (Å²) in [6.07, 6.45) is 3.73. The van der Waals surface area contributed by atoms with E-state index in [9.17, 15) is 9.18 Å². The van der Waals surface area contributed by atoms with Crippen LogP contribution in [0.15, 0.2) is 24.3 Å². The molecule has 3 rings (SSSR count). The normalized spacial score (nSPS) is 19.0. The molecule has 1 amide bonds. The molecule has 0 spiro atoms. The Hall–Kier alpha value is -2.31. The van der Waals surface area contributed by atoms with Gasteiger partial charge in [0, 0.05) is 19.5 Å². The first-order valence-corrected chi connectivity index (χ1v) is 8.86. The van der Waals surface area contributed by atoms with E-state index < -0.39 is 6.04 Å². The number of halogens is 1. The minimum Gasteiger partial charge on any atom is -0.341 e. The largest absolute Gasteiger partial charge is 0.341 e. The van der Waals surface area contributed by atoms with Gasteiger partial charge in [-0.05, 0) is 53.8 Å². The van der Waals surface area contributed by atoms with Crippen molar-refractivity contribution in [3.05, 3.63) is 41.5 Å². The summed E-state index contributed by atoms with van der Waals surface area (Å²) in [5.74, 6) is 0.911. The molecule has 134 valence electrons. The van der Waals surface area contributed by atoms with E-state index in [1.807, 2.05) is 4.90 Å². The number of benzene rings is 1. The van der Waals surface area contributed by atoms with Crippen molar-refractivity contribution in [2.75, 3.05) is 13.1 Å². The Balaban J connectivity index is 1.84. The minimum absolute atomic E-state index is 0.0397. The second-order valence-electron chi connectivity index (χ2n) is 6.72. The lowest BCUT2D eigenvalue weighted by molar-refractivity contribution is -0.137. The smallest absolute Gasteiger partial charge is 0.247 e. The van der Waals surface area contributed by atoms with Crippen LogP contribution >= 0.6 is 0 Å². The molecular weight excluding hydrogens is 321 g/mol. The van der Waals surface area contributed by atoms with Crippen molar-refractivity contribution in [1.29, 1.82) is 0 Å². The van der Waals surface area contributed by atoms with Gasteiger partial charge < -0.3 is 4.90 Å². The van der Waals surface area contributed by atoms with Gasteiger partial charge in [-0.1, -0.05) is 25.5 Å². The van der Waals surface area contributed by atoms with Crippen LogP contribution in [0.2, 0.25) is 0 Å². The molecule has 0 saturated carbocycles. The highest BCUT2D eigenvalue weighted by Crippen LogP contribution is 2.24. The first kappa shape index (κ1) is 17.5. The maximum atomic E-state index is 13.2. The molecule has 1 fully saturated rings. The molecule has 2 aromatic rings. The summed E-state index contributed by atoms with van der Waals surface area (Å²) in [6, 6.07) is 5.74. The van der Waals surface area contributed by atoms with Gasteiger partial charge in [0.1, 0.15) is 17.7 Å². The van der Waals surface area contributed by atoms with Crippen LogP contribution in [-0.4, -0.2) is 44.1 Å². The van der Waals surface area contributed by atoms with Gasteiger partial charge in [0.25, 0.3) is 0 Å². The summed E-state index contributed by atoms with van der Waals surface area (Å²) in [7, 11) is 0. The van der Waals surface area contributed by atoms with Crippen LogP contribution in [0.5, 0.6) is 0 Å². The molecule has 1 aliphatic heterocycles. The number of carbonyl (C=O) groups excluding carboxylic acids is 1. The number of hydrogen-bond acceptors (Lipinski definition) is 4. The fraction of sp³-hybridized carbons (Fsp3) is 0.556. The number of aromatic nitrogens is 4. The number of amides is 1. The molecule has 1 aromatic carbocycles. The Kier molecular flexibility index (Phi) is 5.40. The molecular formula is C18H24FN5O. The molecule has 1 saturated heterocycles. The number of aryl methyl sites for hydroxylation is 1. The van der Waals surface area contributed by atoms with E-state index >= 15 is 0 Å². The molecule has 1 aliphatic rings. The lowest BCUT2D eigenvalue weighted by Crippen LogP contribution is -2.44. The zero-order valence-corrected chi connectivity index (χ0v) is 14.7. The molecule has 0 bridgehead atoms. The van der Waals surface area contributed by atoms with Gasteiger partial charge >= 0.3 is 0 Å². The number of nitrogens with zero attached hydrogens (tertiary/aromatic N) is 5. The fourth-order valence-corrected chi connectivity index (χ4v) is 3.46. The quantitative estimate of drug-likeness (QED) is 0.835. The van der Waals surface area contributed by atoms with E-state index in [4.69, 9.17) is 0 Å². The summed E-state index contributed by atoms with van der Waals surface area (Å²) >= 11 is 0. The van der Waals surface area contributed by atoms with E-state index in [0.717, 1.165) is 31.5 Å². The van der Waals surface area contributed by atoms with Crippen LogP contribution in [0.4, 0.5) is 4.39 Å². The zero-order chi connectivity index (χ0) is 17.8. The Bertz CT molecular complexity index is 715. The first-order chi connectivity index (χ1) is 12.1. The number of rotatable bonds is 5. The summed E-state index contributed by atoms with van der Waals surface area (Å²) in [5.41, 5.74) is 0.888. The van der Waals surface area contributed by atoms with Crippen molar-refractivity contribution in [1.82, 2.24) is 25.1 Å². The van der Waals surface area contributed by atoms with E-state index in [1.54, 1.807) is 23.7 Å². The molecule has 2 heterocycles. The molecule has 0 unspecified atom stereocenters. The summed E-state index contributed by atoms with van der Waals surface area (Å²) in [6.45, 7) is 5.52. The van der Waals surface area contributed by atoms with Crippen LogP contribution in [-0.2, 0) is 11.2 Å². The number of carbonyl (C=O) groups is 1. The van der Waals surface area contributed by atoms with Crippen LogP contribution < -0.4 is 0 Å². The van der Waals surface area contributed by atoms with Crippen LogP contribution in [0, 0.1) is 18.7 Å². The Morgan fingerprint density at radius 3 is 2.76 bits per heavy atom. The second-order valence-corrected chi connectivity index (χ2v) is 6.72. The predicted octanol–water partition coefficient (Wildman–Crippen LogP) is 2.55. The van der Waals surface area contributed by atoms with Crippen molar-refractivity contribution < 1.29 is 9.18 Å². The van der Waals surface area contributed by atoms with Gasteiger partial charge in [0.2, 0.25) is 5.91 Å². The van der Waals surface area contributed by atoms with Gasteiger partial charge in [-0.2, -0.15) is 0 Å². The fourth-order valence-electron chi connectivity index (χ4n) is 3.46. The van der Waals surface area contributed by atoms with Gasteiger partial charge in [-0.3, -0.25) is 4.79 Å². The third kappa shape index (κ3) is 4.03. The highest BCUT2D eigenvalue weighted by molar-refractivity contribution is 5.80. The van der Waals surface area contributed by atoms with E-state index in [2.05, 4.69) is 22.4 Å². The number of hydrogen-bond donors (Lipinski definition) is 0. The standard InChI is InChI=1S/C18H24FN5O/c1-3-14-5-4-10-23(12-14)18(25)17(24-13(2)20-21-22-24)11-15-6-8-16(19)9-7-15/h6-9,14,17H,3-5,10-12H2,1-2H3/t14-,17-/m0/s1. The average Bonchev–Trinajstić information content (AvgIpc) is 3.06. The number of piperidine rings is 1. The third-order valence-corrected chi connectivity index (χ3v) is 4.99. The first-order valence-electron chi connectivity index (χ1n) is 8.86. The molecule has 0 aliphatic carbocycles. The highest BCUT2D eigenvalue weighted by atomic mass is 19.1. The van der Waals surface area contributed by atoms with Crippen molar-refractivity contribution in [3.8, 4) is 0 Å². The zero-order valence-electron chi connectivity index (χ0n) is 14.7. The molecule has 0 radical (unpaired) electrons. The molecule has 0 N–H and O–H groups in total. The third-order valence-electron chi connectivity index (χ3n) is 4.99. The Morgan fingerprint density at radius 1 is 1.36 bits per heavy atom. The molecule has 2 atom stereocenters. The van der Waals surface area contributed by atoms with Crippen molar-refractivity contribution in [2.45, 2.75) is 45.6 Å². The van der Waals surface area contributed by atoms with Crippen LogP contribution in [0.1, 0.15) is 43.6 Å². The lowest BCUT2D eigenvalue weighted by Gasteiger charge is -2.34. The molecule has 7 heteroatoms. The van der Waals surface area contributed by atoms with Crippen LogP contribution in [0.25, 0.3) is 0 Å².